The van der Waals surface area contributed by atoms with Crippen LogP contribution in [0.15, 0.2) is 28.9 Å². The van der Waals surface area contributed by atoms with Crippen molar-refractivity contribution in [2.24, 2.45) is 0 Å². The van der Waals surface area contributed by atoms with E-state index < -0.39 is 5.91 Å². The molecule has 1 fully saturated rings. The first-order valence-corrected chi connectivity index (χ1v) is 12.5. The van der Waals surface area contributed by atoms with Crippen LogP contribution in [0.5, 0.6) is 29.6 Å². The number of amides is 1. The SMILES string of the molecule is COc1nc(OC2CCN(C)CC2)nc(OC)c1NC(=O)c1coc(Oc2cc(C(C)(C)C)ccc2C)n1. The first-order valence-electron chi connectivity index (χ1n) is 12.5. The molecule has 0 radical (unpaired) electrons. The molecule has 1 saturated heterocycles. The number of anilines is 1. The van der Waals surface area contributed by atoms with E-state index in [4.69, 9.17) is 23.4 Å². The first kappa shape index (κ1) is 27.2. The van der Waals surface area contributed by atoms with Gasteiger partial charge in [-0.25, -0.2) is 0 Å². The number of nitrogens with zero attached hydrogens (tertiary/aromatic N) is 4. The van der Waals surface area contributed by atoms with Crippen LogP contribution in [0, 0.1) is 6.92 Å². The van der Waals surface area contributed by atoms with Crippen LogP contribution in [-0.4, -0.2) is 66.2 Å². The van der Waals surface area contributed by atoms with Crippen molar-refractivity contribution >= 4 is 11.6 Å². The van der Waals surface area contributed by atoms with Crippen molar-refractivity contribution in [2.75, 3.05) is 39.7 Å². The maximum Gasteiger partial charge on any atom is 0.399 e. The molecule has 0 spiro atoms. The van der Waals surface area contributed by atoms with E-state index in [2.05, 4.69) is 59.1 Å². The lowest BCUT2D eigenvalue weighted by Crippen LogP contribution is -2.36. The molecule has 1 aliphatic rings. The molecule has 0 bridgehead atoms. The topological polar surface area (TPSA) is 121 Å². The maximum absolute atomic E-state index is 13.0. The zero-order chi connectivity index (χ0) is 27.4. The fourth-order valence-corrected chi connectivity index (χ4v) is 3.97. The summed E-state index contributed by atoms with van der Waals surface area (Å²) in [7, 11) is 4.95. The van der Waals surface area contributed by atoms with Crippen molar-refractivity contribution < 1.29 is 28.2 Å². The van der Waals surface area contributed by atoms with Crippen LogP contribution in [0.1, 0.15) is 55.2 Å². The highest BCUT2D eigenvalue weighted by Crippen LogP contribution is 2.35. The third-order valence-electron chi connectivity index (χ3n) is 6.35. The Morgan fingerprint density at radius 3 is 2.34 bits per heavy atom. The zero-order valence-electron chi connectivity index (χ0n) is 23.0. The molecule has 0 saturated carbocycles. The summed E-state index contributed by atoms with van der Waals surface area (Å²) < 4.78 is 28.1. The molecule has 1 N–H and O–H groups in total. The zero-order valence-corrected chi connectivity index (χ0v) is 23.0. The van der Waals surface area contributed by atoms with E-state index in [-0.39, 0.29) is 46.7 Å². The van der Waals surface area contributed by atoms with E-state index in [1.54, 1.807) is 0 Å². The van der Waals surface area contributed by atoms with Gasteiger partial charge >= 0.3 is 12.1 Å². The lowest BCUT2D eigenvalue weighted by Gasteiger charge is -2.28. The summed E-state index contributed by atoms with van der Waals surface area (Å²) in [5.74, 6) is 0.224. The fourth-order valence-electron chi connectivity index (χ4n) is 3.97. The number of aryl methyl sites for hydroxylation is 1. The highest BCUT2D eigenvalue weighted by Gasteiger charge is 2.25. The van der Waals surface area contributed by atoms with Gasteiger partial charge in [0.1, 0.15) is 18.1 Å². The monoisotopic (exact) mass is 525 g/mol. The van der Waals surface area contributed by atoms with Crippen LogP contribution in [0.25, 0.3) is 0 Å². The molecule has 0 aliphatic carbocycles. The van der Waals surface area contributed by atoms with Gasteiger partial charge in [0.2, 0.25) is 11.8 Å². The van der Waals surface area contributed by atoms with E-state index in [1.807, 2.05) is 19.1 Å². The summed E-state index contributed by atoms with van der Waals surface area (Å²) >= 11 is 0. The summed E-state index contributed by atoms with van der Waals surface area (Å²) in [6.07, 6.45) is 2.87. The molecule has 1 amide bonds. The smallest absolute Gasteiger partial charge is 0.399 e. The Balaban J connectivity index is 1.49. The number of carbonyl (C=O) groups is 1. The molecule has 0 unspecified atom stereocenters. The molecule has 1 aliphatic heterocycles. The predicted molar refractivity (Wildman–Crippen MR) is 141 cm³/mol. The second kappa shape index (κ2) is 11.3. The minimum absolute atomic E-state index is 0.000358. The number of ether oxygens (including phenoxy) is 4. The number of hydrogen-bond acceptors (Lipinski definition) is 10. The predicted octanol–water partition coefficient (Wildman–Crippen LogP) is 4.61. The van der Waals surface area contributed by atoms with E-state index in [1.165, 1.54) is 20.5 Å². The third-order valence-corrected chi connectivity index (χ3v) is 6.35. The lowest BCUT2D eigenvalue weighted by atomic mass is 9.86. The average molecular weight is 526 g/mol. The van der Waals surface area contributed by atoms with Gasteiger partial charge in [-0.2, -0.15) is 15.0 Å². The number of aromatic nitrogens is 3. The molecule has 1 aromatic carbocycles. The number of likely N-dealkylation sites (tertiary alicyclic amines) is 1. The molecule has 11 heteroatoms. The number of nitrogens with one attached hydrogen (secondary N) is 1. The highest BCUT2D eigenvalue weighted by atomic mass is 16.6. The fraction of sp³-hybridized carbons (Fsp3) is 0.481. The van der Waals surface area contributed by atoms with Crippen molar-refractivity contribution in [1.82, 2.24) is 19.9 Å². The minimum Gasteiger partial charge on any atom is -0.479 e. The number of hydrogen-bond donors (Lipinski definition) is 1. The van der Waals surface area contributed by atoms with E-state index in [0.717, 1.165) is 37.1 Å². The number of methoxy groups -OCH3 is 2. The van der Waals surface area contributed by atoms with E-state index in [0.29, 0.717) is 5.75 Å². The van der Waals surface area contributed by atoms with Crippen LogP contribution in [0.3, 0.4) is 0 Å². The van der Waals surface area contributed by atoms with Crippen molar-refractivity contribution in [1.29, 1.82) is 0 Å². The Morgan fingerprint density at radius 2 is 1.74 bits per heavy atom. The first-order chi connectivity index (χ1) is 18.1. The van der Waals surface area contributed by atoms with Crippen LogP contribution in [0.2, 0.25) is 0 Å². The highest BCUT2D eigenvalue weighted by molar-refractivity contribution is 6.04. The van der Waals surface area contributed by atoms with Crippen molar-refractivity contribution in [3.8, 4) is 29.6 Å². The number of benzene rings is 1. The number of piperidine rings is 1. The van der Waals surface area contributed by atoms with Gasteiger partial charge < -0.3 is 33.6 Å². The van der Waals surface area contributed by atoms with Crippen molar-refractivity contribution in [2.45, 2.75) is 52.1 Å². The van der Waals surface area contributed by atoms with Gasteiger partial charge in [-0.1, -0.05) is 32.9 Å². The van der Waals surface area contributed by atoms with Crippen LogP contribution in [-0.2, 0) is 5.41 Å². The normalized spacial score (nSPS) is 14.7. The molecular formula is C27H35N5O6. The number of oxazole rings is 1. The lowest BCUT2D eigenvalue weighted by molar-refractivity contribution is 0.101. The maximum atomic E-state index is 13.0. The molecule has 0 atom stereocenters. The summed E-state index contributed by atoms with van der Waals surface area (Å²) in [4.78, 5) is 28.1. The Morgan fingerprint density at radius 1 is 1.08 bits per heavy atom. The molecule has 11 nitrogen and oxygen atoms in total. The quantitative estimate of drug-likeness (QED) is 0.446. The molecule has 4 rings (SSSR count). The van der Waals surface area contributed by atoms with E-state index >= 15 is 0 Å². The summed E-state index contributed by atoms with van der Waals surface area (Å²) in [5, 5.41) is 2.70. The van der Waals surface area contributed by atoms with Gasteiger partial charge in [0.05, 0.1) is 14.2 Å². The second-order valence-electron chi connectivity index (χ2n) is 10.3. The summed E-state index contributed by atoms with van der Waals surface area (Å²) in [6, 6.07) is 6.10. The van der Waals surface area contributed by atoms with Crippen LogP contribution >= 0.6 is 0 Å². The molecule has 3 heterocycles. The van der Waals surface area contributed by atoms with Crippen molar-refractivity contribution in [3.63, 3.8) is 0 Å². The summed E-state index contributed by atoms with van der Waals surface area (Å²) in [6.45, 7) is 10.1. The Bertz CT molecular complexity index is 1250. The van der Waals surface area contributed by atoms with Crippen LogP contribution < -0.4 is 24.3 Å². The van der Waals surface area contributed by atoms with Gasteiger partial charge in [0.25, 0.3) is 5.91 Å². The Labute approximate surface area is 222 Å². The van der Waals surface area contributed by atoms with Gasteiger partial charge in [0.15, 0.2) is 11.4 Å². The van der Waals surface area contributed by atoms with Gasteiger partial charge in [0, 0.05) is 13.1 Å². The second-order valence-corrected chi connectivity index (χ2v) is 10.3. The molecule has 38 heavy (non-hydrogen) atoms. The summed E-state index contributed by atoms with van der Waals surface area (Å²) in [5.41, 5.74) is 2.11. The van der Waals surface area contributed by atoms with Gasteiger partial charge in [-0.3, -0.25) is 4.79 Å². The number of carbonyl (C=O) groups excluding carboxylic acids is 1. The molecule has 3 aromatic rings. The average Bonchev–Trinajstić information content (AvgIpc) is 3.35. The largest absolute Gasteiger partial charge is 0.479 e. The van der Waals surface area contributed by atoms with Gasteiger partial charge in [-0.15, -0.1) is 0 Å². The minimum atomic E-state index is -0.576. The Kier molecular flexibility index (Phi) is 8.05. The standard InChI is InChI=1S/C27H35N5O6/c1-16-8-9-17(27(2,3)4)14-20(16)38-26-28-19(15-36-26)22(33)29-21-23(34-6)30-25(31-24(21)35-7)37-18-10-12-32(5)13-11-18/h8-9,14-15,18H,10-13H2,1-7H3,(H,29,33). The number of rotatable bonds is 8. The van der Waals surface area contributed by atoms with Crippen LogP contribution in [0.4, 0.5) is 5.69 Å². The van der Waals surface area contributed by atoms with E-state index in [9.17, 15) is 4.79 Å². The molecule has 204 valence electrons. The van der Waals surface area contributed by atoms with Gasteiger partial charge in [-0.05, 0) is 49.4 Å². The third kappa shape index (κ3) is 6.34. The molecular weight excluding hydrogens is 490 g/mol. The van der Waals surface area contributed by atoms with Crippen molar-refractivity contribution in [3.05, 3.63) is 41.3 Å². The Hall–Kier alpha value is -3.86. The molecule has 2 aromatic heterocycles.